The second-order valence-electron chi connectivity index (χ2n) is 22.9. The van der Waals surface area contributed by atoms with Crippen molar-refractivity contribution in [1.82, 2.24) is 19.9 Å². The Labute approximate surface area is 510 Å². The smallest absolute Gasteiger partial charge is 0.141 e. The van der Waals surface area contributed by atoms with Crippen LogP contribution >= 0.6 is 0 Å². The number of hydrogen-bond donors (Lipinski definition) is 0. The predicted molar refractivity (Wildman–Crippen MR) is 369 cm³/mol. The average Bonchev–Trinajstić information content (AvgIpc) is 0.733. The minimum atomic E-state index is 0.833. The number of anilines is 12. The molecular weight excluding hydrogens is 1070 g/mol. The van der Waals surface area contributed by atoms with Crippen molar-refractivity contribution in [3.8, 4) is 0 Å². The Balaban J connectivity index is 1.11. The first-order valence-electron chi connectivity index (χ1n) is 30.0. The summed E-state index contributed by atoms with van der Waals surface area (Å²) in [5.74, 6) is 3.33. The van der Waals surface area contributed by atoms with Crippen LogP contribution in [-0.2, 0) is 0 Å². The molecule has 0 fully saturated rings. The highest BCUT2D eigenvalue weighted by molar-refractivity contribution is 6.33. The maximum absolute atomic E-state index is 5.62. The van der Waals surface area contributed by atoms with E-state index in [0.717, 1.165) is 167 Å². The van der Waals surface area contributed by atoms with E-state index in [1.165, 1.54) is 0 Å². The van der Waals surface area contributed by atoms with Gasteiger partial charge in [0.05, 0.1) is 44.8 Å². The fourth-order valence-corrected chi connectivity index (χ4v) is 13.2. The minimum absolute atomic E-state index is 0.833. The maximum Gasteiger partial charge on any atom is 0.141 e. The van der Waals surface area contributed by atoms with Crippen molar-refractivity contribution >= 4 is 145 Å². The van der Waals surface area contributed by atoms with E-state index in [9.17, 15) is 0 Å². The standard InChI is InChI=1S/C80H58N8/c1-51-45-55-25-17-21-37-67(55)81-77(51)85(59-29-9-5-10-30-59)71-49-72(86(60-31-11-6-12-32-60)78-52(2)46-56-26-18-22-38-68(56)82-78)64-43-44-66-74(88(62-35-15-8-16-36-62)80-54(4)48-58-28-20-24-40-70(58)84-80)50-73(65-42-41-63(71)75(64)76(65)66)87(61-33-13-7-14-34-61)79-53(3)47-57-27-19-23-39-69(57)83-79/h5-50H,1-4H3. The van der Waals surface area contributed by atoms with E-state index < -0.39 is 0 Å². The molecule has 8 nitrogen and oxygen atoms in total. The monoisotopic (exact) mass is 1130 g/mol. The van der Waals surface area contributed by atoms with E-state index in [0.29, 0.717) is 0 Å². The molecule has 0 N–H and O–H groups in total. The van der Waals surface area contributed by atoms with Gasteiger partial charge >= 0.3 is 0 Å². The number of para-hydroxylation sites is 8. The zero-order valence-corrected chi connectivity index (χ0v) is 49.1. The highest BCUT2D eigenvalue weighted by Crippen LogP contribution is 2.55. The average molecular weight is 1130 g/mol. The normalized spacial score (nSPS) is 11.6. The van der Waals surface area contributed by atoms with Crippen LogP contribution in [0.5, 0.6) is 0 Å². The Morgan fingerprint density at radius 3 is 0.648 bits per heavy atom. The first-order valence-corrected chi connectivity index (χ1v) is 30.0. The van der Waals surface area contributed by atoms with Gasteiger partial charge in [-0.1, -0.05) is 170 Å². The van der Waals surface area contributed by atoms with Crippen molar-refractivity contribution in [3.63, 3.8) is 0 Å². The molecule has 0 bridgehead atoms. The van der Waals surface area contributed by atoms with Gasteiger partial charge in [0.25, 0.3) is 0 Å². The third-order valence-electron chi connectivity index (χ3n) is 17.2. The third-order valence-corrected chi connectivity index (χ3v) is 17.2. The summed E-state index contributed by atoms with van der Waals surface area (Å²) in [4.78, 5) is 32.0. The summed E-state index contributed by atoms with van der Waals surface area (Å²) in [6, 6.07) is 99.7. The van der Waals surface area contributed by atoms with E-state index in [-0.39, 0.29) is 0 Å². The fourth-order valence-electron chi connectivity index (χ4n) is 13.2. The van der Waals surface area contributed by atoms with Crippen LogP contribution in [0.3, 0.4) is 0 Å². The highest BCUT2D eigenvalue weighted by Gasteiger charge is 2.32. The van der Waals surface area contributed by atoms with Crippen molar-refractivity contribution in [2.45, 2.75) is 27.7 Å². The zero-order valence-electron chi connectivity index (χ0n) is 49.1. The number of nitrogens with zero attached hydrogens (tertiary/aromatic N) is 8. The molecule has 0 unspecified atom stereocenters. The molecule has 4 aromatic heterocycles. The molecule has 0 aliphatic rings. The van der Waals surface area contributed by atoms with Crippen LogP contribution < -0.4 is 19.6 Å². The molecule has 0 aliphatic heterocycles. The van der Waals surface area contributed by atoms with Gasteiger partial charge in [-0.25, -0.2) is 19.9 Å². The molecule has 0 atom stereocenters. The number of fused-ring (bicyclic) bond motifs is 4. The number of benzene rings is 12. The molecule has 12 aromatic carbocycles. The Hall–Kier alpha value is -11.5. The SMILES string of the molecule is Cc1cc2ccccc2nc1N(c1ccccc1)c1cc(N(c2ccccc2)c2nc3ccccc3cc2C)c2ccc3c(N(c4ccccc4)c4nc5ccccc5cc4C)cc(N(c4ccccc4)c4nc5ccccc5cc4C)c4ccc1c2c43. The topological polar surface area (TPSA) is 64.5 Å². The van der Waals surface area contributed by atoms with Gasteiger partial charge in [0.1, 0.15) is 23.3 Å². The van der Waals surface area contributed by atoms with Gasteiger partial charge in [-0.05, 0) is 159 Å². The Morgan fingerprint density at radius 2 is 0.420 bits per heavy atom. The molecule has 0 amide bonds. The Bertz CT molecular complexity index is 4690. The van der Waals surface area contributed by atoms with Crippen molar-refractivity contribution in [3.05, 3.63) is 301 Å². The van der Waals surface area contributed by atoms with Gasteiger partial charge in [-0.15, -0.1) is 0 Å². The van der Waals surface area contributed by atoms with Gasteiger partial charge in [0, 0.05) is 76.6 Å². The van der Waals surface area contributed by atoms with Crippen molar-refractivity contribution < 1.29 is 0 Å². The highest BCUT2D eigenvalue weighted by atomic mass is 15.2. The lowest BCUT2D eigenvalue weighted by molar-refractivity contribution is 1.16. The minimum Gasteiger partial charge on any atom is -0.294 e. The van der Waals surface area contributed by atoms with E-state index in [2.05, 4.69) is 326 Å². The van der Waals surface area contributed by atoms with Crippen molar-refractivity contribution in [2.75, 3.05) is 19.6 Å². The molecule has 4 heterocycles. The van der Waals surface area contributed by atoms with E-state index >= 15 is 0 Å². The fraction of sp³-hybridized carbons (Fsp3) is 0.0500. The number of hydrogen-bond acceptors (Lipinski definition) is 8. The van der Waals surface area contributed by atoms with Gasteiger partial charge in [-0.2, -0.15) is 0 Å². The summed E-state index contributed by atoms with van der Waals surface area (Å²) >= 11 is 0. The number of aromatic nitrogens is 4. The van der Waals surface area contributed by atoms with Gasteiger partial charge in [0.2, 0.25) is 0 Å². The molecule has 8 heteroatoms. The molecule has 0 aliphatic carbocycles. The molecule has 16 rings (SSSR count). The summed E-state index contributed by atoms with van der Waals surface area (Å²) in [5, 5.41) is 10.7. The lowest BCUT2D eigenvalue weighted by Crippen LogP contribution is -2.18. The van der Waals surface area contributed by atoms with Crippen LogP contribution in [0.2, 0.25) is 0 Å². The molecule has 0 radical (unpaired) electrons. The van der Waals surface area contributed by atoms with Crippen molar-refractivity contribution in [2.24, 2.45) is 0 Å². The van der Waals surface area contributed by atoms with Crippen LogP contribution in [0.15, 0.2) is 279 Å². The number of pyridine rings is 4. The van der Waals surface area contributed by atoms with Crippen LogP contribution in [0.4, 0.5) is 68.8 Å². The Morgan fingerprint density at radius 1 is 0.216 bits per heavy atom. The lowest BCUT2D eigenvalue weighted by atomic mass is 9.89. The summed E-state index contributed by atoms with van der Waals surface area (Å²) in [6.07, 6.45) is 0. The summed E-state index contributed by atoms with van der Waals surface area (Å²) < 4.78 is 0. The summed E-state index contributed by atoms with van der Waals surface area (Å²) in [5.41, 5.74) is 15.5. The third kappa shape index (κ3) is 8.75. The van der Waals surface area contributed by atoms with Gasteiger partial charge < -0.3 is 0 Å². The Kier molecular flexibility index (Phi) is 12.6. The molecule has 418 valence electrons. The molecule has 0 saturated carbocycles. The van der Waals surface area contributed by atoms with Crippen LogP contribution in [0, 0.1) is 27.7 Å². The quantitative estimate of drug-likeness (QED) is 0.112. The van der Waals surface area contributed by atoms with Crippen LogP contribution in [0.1, 0.15) is 22.3 Å². The van der Waals surface area contributed by atoms with Crippen molar-refractivity contribution in [1.29, 1.82) is 0 Å². The van der Waals surface area contributed by atoms with E-state index in [4.69, 9.17) is 19.9 Å². The van der Waals surface area contributed by atoms with E-state index in [1.807, 2.05) is 0 Å². The van der Waals surface area contributed by atoms with Crippen LogP contribution in [-0.4, -0.2) is 19.9 Å². The zero-order chi connectivity index (χ0) is 59.0. The van der Waals surface area contributed by atoms with E-state index in [1.54, 1.807) is 0 Å². The second kappa shape index (κ2) is 21.2. The summed E-state index contributed by atoms with van der Waals surface area (Å²) in [7, 11) is 0. The molecular formula is C80H58N8. The predicted octanol–water partition coefficient (Wildman–Crippen LogP) is 21.9. The molecule has 0 spiro atoms. The first-order chi connectivity index (χ1) is 43.3. The largest absolute Gasteiger partial charge is 0.294 e. The number of aryl methyl sites for hydroxylation is 4. The lowest BCUT2D eigenvalue weighted by Gasteiger charge is -2.34. The summed E-state index contributed by atoms with van der Waals surface area (Å²) in [6.45, 7) is 8.72. The second-order valence-corrected chi connectivity index (χ2v) is 22.9. The first kappa shape index (κ1) is 52.1. The molecule has 16 aromatic rings. The molecule has 88 heavy (non-hydrogen) atoms. The maximum atomic E-state index is 5.62. The number of rotatable bonds is 12. The molecule has 0 saturated heterocycles. The van der Waals surface area contributed by atoms with Gasteiger partial charge in [0.15, 0.2) is 0 Å². The van der Waals surface area contributed by atoms with Crippen LogP contribution in [0.25, 0.3) is 75.9 Å². The van der Waals surface area contributed by atoms with Gasteiger partial charge in [-0.3, -0.25) is 19.6 Å².